The minimum atomic E-state index is -1.28. The molecule has 1 unspecified atom stereocenters. The van der Waals surface area contributed by atoms with Crippen molar-refractivity contribution in [2.24, 2.45) is 0 Å². The van der Waals surface area contributed by atoms with Gasteiger partial charge in [0.2, 0.25) is 5.95 Å². The number of anilines is 2. The first-order valence-corrected chi connectivity index (χ1v) is 10.9. The molecule has 0 fully saturated rings. The van der Waals surface area contributed by atoms with Crippen LogP contribution in [0.2, 0.25) is 0 Å². The second kappa shape index (κ2) is 10.2. The quantitative estimate of drug-likeness (QED) is 0.284. The Morgan fingerprint density at radius 2 is 1.91 bits per heavy atom. The number of carbonyl (C=O) groups excluding carboxylic acids is 1. The molecule has 12 nitrogen and oxygen atoms in total. The van der Waals surface area contributed by atoms with Gasteiger partial charge in [-0.1, -0.05) is 6.92 Å². The molecule has 0 aliphatic carbocycles. The van der Waals surface area contributed by atoms with Crippen LogP contribution in [0, 0.1) is 0 Å². The fourth-order valence-corrected chi connectivity index (χ4v) is 4.32. The van der Waals surface area contributed by atoms with Gasteiger partial charge >= 0.3 is 11.9 Å². The van der Waals surface area contributed by atoms with E-state index in [1.54, 1.807) is 12.3 Å². The zero-order valence-corrected chi connectivity index (χ0v) is 18.5. The van der Waals surface area contributed by atoms with Gasteiger partial charge in [0.25, 0.3) is 5.91 Å². The summed E-state index contributed by atoms with van der Waals surface area (Å²) in [5.41, 5.74) is 12.8. The van der Waals surface area contributed by atoms with Crippen LogP contribution in [-0.4, -0.2) is 54.0 Å². The van der Waals surface area contributed by atoms with Crippen molar-refractivity contribution in [2.45, 2.75) is 44.6 Å². The van der Waals surface area contributed by atoms with E-state index >= 15 is 0 Å². The number of fused-ring (bicyclic) bond motifs is 1. The van der Waals surface area contributed by atoms with Crippen LogP contribution in [0.3, 0.4) is 0 Å². The summed E-state index contributed by atoms with van der Waals surface area (Å²) in [7, 11) is 0. The first kappa shape index (κ1) is 23.8. The highest BCUT2D eigenvalue weighted by Crippen LogP contribution is 2.30. The summed E-state index contributed by atoms with van der Waals surface area (Å²) in [6.07, 6.45) is 2.32. The Balaban J connectivity index is 1.73. The molecule has 7 N–H and O–H groups in total. The highest BCUT2D eigenvalue weighted by molar-refractivity contribution is 7.14. The van der Waals surface area contributed by atoms with Crippen molar-refractivity contribution in [2.75, 3.05) is 11.5 Å². The van der Waals surface area contributed by atoms with E-state index in [4.69, 9.17) is 16.6 Å². The molecule has 3 heterocycles. The second-order valence-electron chi connectivity index (χ2n) is 7.31. The first-order valence-electron chi connectivity index (χ1n) is 10.1. The van der Waals surface area contributed by atoms with Gasteiger partial charge in [-0.3, -0.25) is 9.59 Å². The zero-order chi connectivity index (χ0) is 24.1. The van der Waals surface area contributed by atoms with Gasteiger partial charge < -0.3 is 27.0 Å². The van der Waals surface area contributed by atoms with Crippen molar-refractivity contribution in [1.82, 2.24) is 25.3 Å². The predicted molar refractivity (Wildman–Crippen MR) is 121 cm³/mol. The van der Waals surface area contributed by atoms with Crippen LogP contribution in [0.25, 0.3) is 11.2 Å². The predicted octanol–water partition coefficient (Wildman–Crippen LogP) is 1.43. The lowest BCUT2D eigenvalue weighted by Gasteiger charge is -2.14. The molecule has 0 aliphatic rings. The van der Waals surface area contributed by atoms with Crippen molar-refractivity contribution in [1.29, 1.82) is 0 Å². The summed E-state index contributed by atoms with van der Waals surface area (Å²) in [6.45, 7) is 2.00. The average molecular weight is 474 g/mol. The molecule has 3 aromatic rings. The van der Waals surface area contributed by atoms with Gasteiger partial charge in [-0.15, -0.1) is 11.3 Å². The molecular weight excluding hydrogens is 450 g/mol. The third-order valence-electron chi connectivity index (χ3n) is 4.95. The highest BCUT2D eigenvalue weighted by Gasteiger charge is 2.23. The molecule has 0 saturated carbocycles. The first-order chi connectivity index (χ1) is 15.7. The van der Waals surface area contributed by atoms with Gasteiger partial charge in [-0.25, -0.2) is 14.8 Å². The summed E-state index contributed by atoms with van der Waals surface area (Å²) >= 11 is 1.24. The fourth-order valence-electron chi connectivity index (χ4n) is 3.23. The van der Waals surface area contributed by atoms with Gasteiger partial charge in [0, 0.05) is 11.3 Å². The molecule has 0 radical (unpaired) electrons. The van der Waals surface area contributed by atoms with Crippen LogP contribution in [0.5, 0.6) is 0 Å². The molecule has 13 heteroatoms. The minimum absolute atomic E-state index is 0.0194. The van der Waals surface area contributed by atoms with Crippen LogP contribution < -0.4 is 16.8 Å². The standard InChI is InChI=1S/C20H23N7O5S/c1-2-9(7-10-8-23-17-15(24-10)16(21)26-20(22)27-17)12-4-5-13(33-12)18(30)25-11(19(31)32)3-6-14(28)29/h4-5,8-9,11H,2-3,6-7H2,1H3,(H,25,30)(H,28,29)(H,31,32)(H4,21,22,23,26,27)/t9?,11-/m0/s1. The summed E-state index contributed by atoms with van der Waals surface area (Å²) < 4.78 is 0. The Morgan fingerprint density at radius 3 is 2.58 bits per heavy atom. The maximum Gasteiger partial charge on any atom is 0.326 e. The van der Waals surface area contributed by atoms with Gasteiger partial charge in [0.15, 0.2) is 17.0 Å². The lowest BCUT2D eigenvalue weighted by molar-refractivity contribution is -0.140. The number of hydrogen-bond acceptors (Lipinski definition) is 10. The van der Waals surface area contributed by atoms with E-state index in [2.05, 4.69) is 25.3 Å². The third-order valence-corrected chi connectivity index (χ3v) is 6.20. The van der Waals surface area contributed by atoms with Gasteiger partial charge in [-0.2, -0.15) is 9.97 Å². The van der Waals surface area contributed by atoms with E-state index in [0.29, 0.717) is 28.2 Å². The second-order valence-corrected chi connectivity index (χ2v) is 8.42. The largest absolute Gasteiger partial charge is 0.481 e. The van der Waals surface area contributed by atoms with Crippen LogP contribution in [0.15, 0.2) is 18.3 Å². The Hall–Kier alpha value is -3.87. The number of carboxylic acids is 2. The molecule has 174 valence electrons. The van der Waals surface area contributed by atoms with Crippen LogP contribution in [-0.2, 0) is 16.0 Å². The summed E-state index contributed by atoms with van der Waals surface area (Å²) in [6, 6.07) is 2.15. The van der Waals surface area contributed by atoms with E-state index in [0.717, 1.165) is 11.3 Å². The summed E-state index contributed by atoms with van der Waals surface area (Å²) in [5, 5.41) is 20.4. The monoisotopic (exact) mass is 473 g/mol. The molecule has 0 aliphatic heterocycles. The molecule has 3 aromatic heterocycles. The van der Waals surface area contributed by atoms with Gasteiger partial charge in [0.1, 0.15) is 6.04 Å². The number of nitrogens with one attached hydrogen (secondary N) is 1. The average Bonchev–Trinajstić information content (AvgIpc) is 3.25. The number of nitrogens with two attached hydrogens (primary N) is 2. The van der Waals surface area contributed by atoms with E-state index in [1.165, 1.54) is 11.3 Å². The number of aliphatic carboxylic acids is 2. The summed E-state index contributed by atoms with van der Waals surface area (Å²) in [5.74, 6) is -2.79. The maximum absolute atomic E-state index is 12.5. The van der Waals surface area contributed by atoms with Gasteiger partial charge in [0.05, 0.1) is 16.8 Å². The Kier molecular flexibility index (Phi) is 7.33. The molecule has 0 saturated heterocycles. The molecule has 2 atom stereocenters. The molecule has 1 amide bonds. The van der Waals surface area contributed by atoms with Crippen LogP contribution >= 0.6 is 11.3 Å². The molecule has 3 rings (SSSR count). The minimum Gasteiger partial charge on any atom is -0.481 e. The number of rotatable bonds is 10. The van der Waals surface area contributed by atoms with Crippen molar-refractivity contribution < 1.29 is 24.6 Å². The van der Waals surface area contributed by atoms with Crippen molar-refractivity contribution in [3.8, 4) is 0 Å². The smallest absolute Gasteiger partial charge is 0.326 e. The van der Waals surface area contributed by atoms with Gasteiger partial charge in [-0.05, 0) is 37.3 Å². The molecule has 0 bridgehead atoms. The van der Waals surface area contributed by atoms with E-state index in [1.807, 2.05) is 13.0 Å². The topological polar surface area (TPSA) is 207 Å². The molecular formula is C20H23N7O5S. The van der Waals surface area contributed by atoms with Crippen molar-refractivity contribution >= 4 is 52.1 Å². The SMILES string of the molecule is CCC(Cc1cnc2nc(N)nc(N)c2n1)c1ccc(C(=O)N[C@@H](CCC(=O)O)C(=O)O)s1. The van der Waals surface area contributed by atoms with Crippen molar-refractivity contribution in [3.05, 3.63) is 33.8 Å². The number of amides is 1. The lowest BCUT2D eigenvalue weighted by Crippen LogP contribution is -2.40. The zero-order valence-electron chi connectivity index (χ0n) is 17.7. The van der Waals surface area contributed by atoms with E-state index < -0.39 is 23.9 Å². The number of hydrogen-bond donors (Lipinski definition) is 5. The van der Waals surface area contributed by atoms with Crippen LogP contribution in [0.4, 0.5) is 11.8 Å². The Morgan fingerprint density at radius 1 is 1.15 bits per heavy atom. The fraction of sp³-hybridized carbons (Fsp3) is 0.350. The van der Waals surface area contributed by atoms with Crippen LogP contribution in [0.1, 0.15) is 52.3 Å². The number of carbonyl (C=O) groups is 3. The number of aromatic nitrogens is 4. The highest BCUT2D eigenvalue weighted by atomic mass is 32.1. The molecule has 33 heavy (non-hydrogen) atoms. The van der Waals surface area contributed by atoms with Crippen molar-refractivity contribution in [3.63, 3.8) is 0 Å². The number of nitrogen functional groups attached to an aromatic ring is 2. The van der Waals surface area contributed by atoms with E-state index in [-0.39, 0.29) is 30.5 Å². The molecule has 0 aromatic carbocycles. The van der Waals surface area contributed by atoms with E-state index in [9.17, 15) is 19.5 Å². The Labute approximate surface area is 192 Å². The summed E-state index contributed by atoms with van der Waals surface area (Å²) in [4.78, 5) is 52.5. The third kappa shape index (κ3) is 5.88. The normalized spacial score (nSPS) is 12.9. The Bertz CT molecular complexity index is 1200. The lowest BCUT2D eigenvalue weighted by atomic mass is 9.99. The molecule has 0 spiro atoms. The number of nitrogens with zero attached hydrogens (tertiary/aromatic N) is 4. The number of thiophene rings is 1. The maximum atomic E-state index is 12.5. The number of carboxylic acid groups (broad SMARTS) is 2.